The Morgan fingerprint density at radius 1 is 1.33 bits per heavy atom. The van der Waals surface area contributed by atoms with Crippen LogP contribution in [0.4, 0.5) is 0 Å². The van der Waals surface area contributed by atoms with E-state index in [4.69, 9.17) is 16.3 Å². The molecule has 8 heteroatoms. The van der Waals surface area contributed by atoms with Crippen LogP contribution in [-0.4, -0.2) is 35.6 Å². The van der Waals surface area contributed by atoms with Gasteiger partial charge in [0.25, 0.3) is 0 Å². The van der Waals surface area contributed by atoms with Crippen molar-refractivity contribution < 1.29 is 14.3 Å². The van der Waals surface area contributed by atoms with Gasteiger partial charge in [0.1, 0.15) is 0 Å². The monoisotopic (exact) mass is 405 g/mol. The first kappa shape index (κ1) is 19.5. The lowest BCUT2D eigenvalue weighted by Crippen LogP contribution is -2.37. The minimum Gasteiger partial charge on any atom is -0.466 e. The number of allylic oxidation sites excluding steroid dienone is 1. The van der Waals surface area contributed by atoms with Crippen LogP contribution in [0, 0.1) is 0 Å². The van der Waals surface area contributed by atoms with Crippen molar-refractivity contribution in [3.8, 4) is 0 Å². The molecular weight excluding hydrogens is 386 g/mol. The van der Waals surface area contributed by atoms with E-state index in [2.05, 4.69) is 10.3 Å². The van der Waals surface area contributed by atoms with Crippen molar-refractivity contribution in [3.63, 3.8) is 0 Å². The Kier molecular flexibility index (Phi) is 5.92. The summed E-state index contributed by atoms with van der Waals surface area (Å²) in [4.78, 5) is 31.2. The van der Waals surface area contributed by atoms with E-state index in [-0.39, 0.29) is 12.3 Å². The number of benzene rings is 1. The maximum atomic E-state index is 12.5. The number of fused-ring (bicyclic) bond motifs is 1. The molecule has 0 saturated heterocycles. The lowest BCUT2D eigenvalue weighted by Gasteiger charge is -2.36. The molecule has 27 heavy (non-hydrogen) atoms. The van der Waals surface area contributed by atoms with Crippen LogP contribution in [0.15, 0.2) is 51.6 Å². The fourth-order valence-electron chi connectivity index (χ4n) is 3.13. The Labute approximate surface area is 167 Å². The van der Waals surface area contributed by atoms with Gasteiger partial charge in [-0.25, -0.2) is 9.79 Å². The molecule has 2 heterocycles. The molecule has 1 unspecified atom stereocenters. The van der Waals surface area contributed by atoms with E-state index < -0.39 is 12.0 Å². The zero-order chi connectivity index (χ0) is 19.6. The molecule has 0 aliphatic carbocycles. The smallest absolute Gasteiger partial charge is 0.338 e. The largest absolute Gasteiger partial charge is 0.466 e. The summed E-state index contributed by atoms with van der Waals surface area (Å²) >= 11 is 7.48. The fourth-order valence-corrected chi connectivity index (χ4v) is 4.22. The number of thioether (sulfide) groups is 1. The topological polar surface area (TPSA) is 71.0 Å². The molecule has 0 bridgehead atoms. The number of nitrogens with zero attached hydrogens (tertiary/aromatic N) is 2. The molecular formula is C19H20ClN3O3S. The van der Waals surface area contributed by atoms with Gasteiger partial charge < -0.3 is 15.0 Å². The van der Waals surface area contributed by atoms with Crippen LogP contribution in [0.25, 0.3) is 0 Å². The molecule has 1 amide bonds. The number of amides is 1. The molecule has 1 N–H and O–H groups in total. The first-order valence-electron chi connectivity index (χ1n) is 8.51. The molecule has 0 radical (unpaired) electrons. The van der Waals surface area contributed by atoms with Gasteiger partial charge in [0.2, 0.25) is 5.91 Å². The number of methoxy groups -OCH3 is 1. The number of hydrogen-bond donors (Lipinski definition) is 1. The number of amidine groups is 1. The lowest BCUT2D eigenvalue weighted by molar-refractivity contribution is -0.136. The third-order valence-corrected chi connectivity index (χ3v) is 5.45. The van der Waals surface area contributed by atoms with Crippen LogP contribution < -0.4 is 5.32 Å². The molecule has 3 rings (SSSR count). The summed E-state index contributed by atoms with van der Waals surface area (Å²) < 4.78 is 5.01. The van der Waals surface area contributed by atoms with Crippen molar-refractivity contribution in [1.29, 1.82) is 0 Å². The van der Waals surface area contributed by atoms with Crippen LogP contribution in [0.2, 0.25) is 5.02 Å². The van der Waals surface area contributed by atoms with E-state index in [1.54, 1.807) is 19.1 Å². The number of esters is 1. The van der Waals surface area contributed by atoms with E-state index in [1.165, 1.54) is 18.9 Å². The summed E-state index contributed by atoms with van der Waals surface area (Å²) in [5.74, 6) is -0.518. The first-order chi connectivity index (χ1) is 13.0. The molecule has 1 atom stereocenters. The number of ether oxygens (including phenoxy) is 1. The van der Waals surface area contributed by atoms with Gasteiger partial charge in [-0.1, -0.05) is 35.5 Å². The Morgan fingerprint density at radius 3 is 2.67 bits per heavy atom. The molecule has 1 aromatic rings. The molecule has 2 aliphatic rings. The third-order valence-electron chi connectivity index (χ3n) is 4.31. The summed E-state index contributed by atoms with van der Waals surface area (Å²) in [5.41, 5.74) is 2.72. The number of halogens is 1. The second-order valence-electron chi connectivity index (χ2n) is 6.07. The average molecular weight is 406 g/mol. The zero-order valence-corrected chi connectivity index (χ0v) is 16.9. The van der Waals surface area contributed by atoms with Gasteiger partial charge in [0.05, 0.1) is 30.8 Å². The minimum atomic E-state index is -0.440. The summed E-state index contributed by atoms with van der Waals surface area (Å²) in [6, 6.07) is 6.88. The van der Waals surface area contributed by atoms with Gasteiger partial charge in [-0.3, -0.25) is 4.79 Å². The standard InChI is InChI=1S/C19H20ClN3O3S/c1-4-21-15(24)9-14-10-27-19-22-11(2)16(18(25)26-3)17(23(14)19)12-5-7-13(20)8-6-12/h5-8,10,17H,4,9H2,1-3H3,(H,21,24). The number of carbonyl (C=O) groups is 2. The maximum absolute atomic E-state index is 12.5. The van der Waals surface area contributed by atoms with Gasteiger partial charge >= 0.3 is 5.97 Å². The molecule has 0 saturated carbocycles. The van der Waals surface area contributed by atoms with Crippen molar-refractivity contribution in [2.24, 2.45) is 4.99 Å². The second kappa shape index (κ2) is 8.19. The Morgan fingerprint density at radius 2 is 2.04 bits per heavy atom. The van der Waals surface area contributed by atoms with Crippen LogP contribution in [0.5, 0.6) is 0 Å². The Hall–Kier alpha value is -2.25. The predicted octanol–water partition coefficient (Wildman–Crippen LogP) is 3.61. The van der Waals surface area contributed by atoms with E-state index in [0.29, 0.717) is 22.8 Å². The molecule has 6 nitrogen and oxygen atoms in total. The van der Waals surface area contributed by atoms with Crippen molar-refractivity contribution >= 4 is 40.4 Å². The van der Waals surface area contributed by atoms with E-state index in [0.717, 1.165) is 16.4 Å². The van der Waals surface area contributed by atoms with Gasteiger partial charge in [0, 0.05) is 17.3 Å². The lowest BCUT2D eigenvalue weighted by atomic mass is 9.94. The van der Waals surface area contributed by atoms with Gasteiger partial charge in [-0.2, -0.15) is 0 Å². The van der Waals surface area contributed by atoms with Crippen molar-refractivity contribution in [3.05, 3.63) is 57.2 Å². The van der Waals surface area contributed by atoms with E-state index in [9.17, 15) is 9.59 Å². The zero-order valence-electron chi connectivity index (χ0n) is 15.3. The highest BCUT2D eigenvalue weighted by Gasteiger charge is 2.40. The first-order valence-corrected chi connectivity index (χ1v) is 9.76. The number of aliphatic imine (C=N–C) groups is 1. The highest BCUT2D eigenvalue weighted by molar-refractivity contribution is 8.16. The summed E-state index contributed by atoms with van der Waals surface area (Å²) in [6.45, 7) is 4.23. The molecule has 0 fully saturated rings. The second-order valence-corrected chi connectivity index (χ2v) is 7.34. The summed E-state index contributed by atoms with van der Waals surface area (Å²) in [6.07, 6.45) is 0.206. The molecule has 1 aromatic carbocycles. The van der Waals surface area contributed by atoms with Gasteiger partial charge in [-0.05, 0) is 37.0 Å². The minimum absolute atomic E-state index is 0.0775. The van der Waals surface area contributed by atoms with Gasteiger partial charge in [-0.15, -0.1) is 0 Å². The Bertz CT molecular complexity index is 861. The van der Waals surface area contributed by atoms with Crippen LogP contribution in [0.1, 0.15) is 31.9 Å². The number of rotatable bonds is 5. The number of carbonyl (C=O) groups excluding carboxylic acids is 2. The van der Waals surface area contributed by atoms with Crippen molar-refractivity contribution in [2.75, 3.05) is 13.7 Å². The molecule has 0 aromatic heterocycles. The maximum Gasteiger partial charge on any atom is 0.338 e. The van der Waals surface area contributed by atoms with Crippen LogP contribution in [-0.2, 0) is 14.3 Å². The third kappa shape index (κ3) is 3.89. The highest BCUT2D eigenvalue weighted by atomic mass is 35.5. The highest BCUT2D eigenvalue weighted by Crippen LogP contribution is 2.44. The van der Waals surface area contributed by atoms with Gasteiger partial charge in [0.15, 0.2) is 5.17 Å². The normalized spacial score (nSPS) is 18.7. The summed E-state index contributed by atoms with van der Waals surface area (Å²) in [7, 11) is 1.35. The predicted molar refractivity (Wildman–Crippen MR) is 107 cm³/mol. The number of nitrogens with one attached hydrogen (secondary N) is 1. The molecule has 0 spiro atoms. The Balaban J connectivity index is 2.06. The van der Waals surface area contributed by atoms with Crippen LogP contribution in [0.3, 0.4) is 0 Å². The fraction of sp³-hybridized carbons (Fsp3) is 0.316. The molecule has 2 aliphatic heterocycles. The molecule has 142 valence electrons. The SMILES string of the molecule is CCNC(=O)CC1=CSC2=NC(C)=C(C(=O)OC)C(c3ccc(Cl)cc3)N12. The average Bonchev–Trinajstić information content (AvgIpc) is 3.03. The van der Waals surface area contributed by atoms with E-state index >= 15 is 0 Å². The summed E-state index contributed by atoms with van der Waals surface area (Å²) in [5, 5.41) is 6.06. The van der Waals surface area contributed by atoms with Crippen LogP contribution >= 0.6 is 23.4 Å². The van der Waals surface area contributed by atoms with Crippen molar-refractivity contribution in [2.45, 2.75) is 26.3 Å². The van der Waals surface area contributed by atoms with Crippen molar-refractivity contribution in [1.82, 2.24) is 10.2 Å². The quantitative estimate of drug-likeness (QED) is 0.757. The number of hydrogen-bond acceptors (Lipinski definition) is 6. The van der Waals surface area contributed by atoms with E-state index in [1.807, 2.05) is 29.4 Å².